The van der Waals surface area contributed by atoms with Crippen molar-refractivity contribution in [1.29, 1.82) is 0 Å². The van der Waals surface area contributed by atoms with Crippen LogP contribution in [0.4, 0.5) is 17.6 Å². The average Bonchev–Trinajstić information content (AvgIpc) is 2.75. The summed E-state index contributed by atoms with van der Waals surface area (Å²) in [5.41, 5.74) is 7.91. The van der Waals surface area contributed by atoms with E-state index in [1.165, 1.54) is 6.07 Å². The van der Waals surface area contributed by atoms with Crippen molar-refractivity contribution in [2.45, 2.75) is 24.7 Å². The summed E-state index contributed by atoms with van der Waals surface area (Å²) < 4.78 is 61.3. The predicted octanol–water partition coefficient (Wildman–Crippen LogP) is 5.41. The number of alkyl halides is 4. The van der Waals surface area contributed by atoms with Gasteiger partial charge in [-0.05, 0) is 47.7 Å². The number of hydrogen-bond donors (Lipinski definition) is 1. The lowest BCUT2D eigenvalue weighted by Crippen LogP contribution is -2.33. The Morgan fingerprint density at radius 3 is 2.37 bits per heavy atom. The first kappa shape index (κ1) is 21.9. The van der Waals surface area contributed by atoms with E-state index in [2.05, 4.69) is 0 Å². The number of rotatable bonds is 9. The molecular formula is C23H23F4NO2. The maximum absolute atomic E-state index is 13.1. The molecule has 0 spiro atoms. The molecule has 0 amide bonds. The van der Waals surface area contributed by atoms with Crippen molar-refractivity contribution in [3.05, 3.63) is 71.8 Å². The second kappa shape index (κ2) is 9.34. The van der Waals surface area contributed by atoms with Crippen molar-refractivity contribution in [1.82, 2.24) is 0 Å². The number of hydrogen-bond acceptors (Lipinski definition) is 3. The second-order valence-electron chi connectivity index (χ2n) is 7.04. The maximum atomic E-state index is 13.1. The highest BCUT2D eigenvalue weighted by Crippen LogP contribution is 2.34. The molecule has 0 aliphatic rings. The van der Waals surface area contributed by atoms with Gasteiger partial charge in [0.15, 0.2) is 6.61 Å². The van der Waals surface area contributed by atoms with E-state index in [9.17, 15) is 17.6 Å². The smallest absolute Gasteiger partial charge is 0.340 e. The molecule has 0 fully saturated rings. The molecule has 0 bridgehead atoms. The highest BCUT2D eigenvalue weighted by molar-refractivity contribution is 5.91. The third-order valence-electron chi connectivity index (χ3n) is 4.99. The van der Waals surface area contributed by atoms with Gasteiger partial charge in [0.05, 0.1) is 7.11 Å². The lowest BCUT2D eigenvalue weighted by Gasteiger charge is -2.20. The van der Waals surface area contributed by atoms with Gasteiger partial charge in [0.25, 0.3) is 0 Å². The van der Waals surface area contributed by atoms with Gasteiger partial charge in [-0.2, -0.15) is 8.78 Å². The highest BCUT2D eigenvalue weighted by Gasteiger charge is 2.41. The molecule has 0 heterocycles. The van der Waals surface area contributed by atoms with Crippen molar-refractivity contribution in [2.75, 3.05) is 20.3 Å². The monoisotopic (exact) mass is 421 g/mol. The molecule has 7 heteroatoms. The van der Waals surface area contributed by atoms with E-state index in [0.717, 1.165) is 27.6 Å². The van der Waals surface area contributed by atoms with Crippen LogP contribution in [-0.2, 0) is 6.42 Å². The Morgan fingerprint density at radius 1 is 0.967 bits per heavy atom. The zero-order chi connectivity index (χ0) is 21.7. The normalized spacial score (nSPS) is 12.9. The Labute approximate surface area is 172 Å². The summed E-state index contributed by atoms with van der Waals surface area (Å²) >= 11 is 0. The SMILES string of the molecule is COc1ccc(C(CN)Cc2cccc(OCC(F)(F)C(F)F)c2)c2ccccc12. The molecule has 3 aromatic carbocycles. The summed E-state index contributed by atoms with van der Waals surface area (Å²) in [4.78, 5) is 0. The average molecular weight is 421 g/mol. The van der Waals surface area contributed by atoms with Gasteiger partial charge in [0, 0.05) is 11.3 Å². The molecule has 0 saturated carbocycles. The van der Waals surface area contributed by atoms with Gasteiger partial charge < -0.3 is 15.2 Å². The van der Waals surface area contributed by atoms with Gasteiger partial charge in [-0.3, -0.25) is 0 Å². The Balaban J connectivity index is 1.83. The molecule has 0 aliphatic carbocycles. The molecule has 3 aromatic rings. The van der Waals surface area contributed by atoms with E-state index in [1.54, 1.807) is 19.2 Å². The van der Waals surface area contributed by atoms with Crippen LogP contribution >= 0.6 is 0 Å². The Hall–Kier alpha value is -2.80. The highest BCUT2D eigenvalue weighted by atomic mass is 19.3. The van der Waals surface area contributed by atoms with Crippen LogP contribution in [0.5, 0.6) is 11.5 Å². The summed E-state index contributed by atoms with van der Waals surface area (Å²) in [5, 5.41) is 2.00. The van der Waals surface area contributed by atoms with Gasteiger partial charge in [0.1, 0.15) is 11.5 Å². The van der Waals surface area contributed by atoms with Crippen LogP contribution in [0.25, 0.3) is 10.8 Å². The number of halogens is 4. The Kier molecular flexibility index (Phi) is 6.82. The van der Waals surface area contributed by atoms with E-state index in [1.807, 2.05) is 42.5 Å². The number of fused-ring (bicyclic) bond motifs is 1. The molecule has 30 heavy (non-hydrogen) atoms. The van der Waals surface area contributed by atoms with Crippen LogP contribution in [0.1, 0.15) is 17.0 Å². The first-order valence-electron chi connectivity index (χ1n) is 9.49. The minimum Gasteiger partial charge on any atom is -0.496 e. The van der Waals surface area contributed by atoms with E-state index in [-0.39, 0.29) is 11.7 Å². The summed E-state index contributed by atoms with van der Waals surface area (Å²) in [5.74, 6) is -3.36. The maximum Gasteiger partial charge on any atom is 0.340 e. The second-order valence-corrected chi connectivity index (χ2v) is 7.04. The van der Waals surface area contributed by atoms with E-state index in [4.69, 9.17) is 15.2 Å². The van der Waals surface area contributed by atoms with Crippen molar-refractivity contribution >= 4 is 10.8 Å². The van der Waals surface area contributed by atoms with Crippen molar-refractivity contribution < 1.29 is 27.0 Å². The van der Waals surface area contributed by atoms with E-state index in [0.29, 0.717) is 13.0 Å². The fourth-order valence-electron chi connectivity index (χ4n) is 3.44. The molecule has 3 nitrogen and oxygen atoms in total. The van der Waals surface area contributed by atoms with Crippen LogP contribution in [0, 0.1) is 0 Å². The largest absolute Gasteiger partial charge is 0.496 e. The van der Waals surface area contributed by atoms with Crippen molar-refractivity contribution in [3.63, 3.8) is 0 Å². The zero-order valence-corrected chi connectivity index (χ0v) is 16.5. The Morgan fingerprint density at radius 2 is 1.70 bits per heavy atom. The summed E-state index contributed by atoms with van der Waals surface area (Å²) in [6, 6.07) is 18.2. The minimum absolute atomic E-state index is 0.0430. The van der Waals surface area contributed by atoms with Gasteiger partial charge in [-0.15, -0.1) is 0 Å². The van der Waals surface area contributed by atoms with Gasteiger partial charge in [0.2, 0.25) is 0 Å². The third kappa shape index (κ3) is 4.84. The Bertz CT molecular complexity index is 994. The lowest BCUT2D eigenvalue weighted by molar-refractivity contribution is -0.148. The molecule has 0 aromatic heterocycles. The fraction of sp³-hybridized carbons (Fsp3) is 0.304. The molecular weight excluding hydrogens is 398 g/mol. The van der Waals surface area contributed by atoms with E-state index >= 15 is 0 Å². The standard InChI is InChI=1S/C23H23F4NO2/c1-29-21-10-9-18(19-7-2-3-8-20(19)21)16(13-28)11-15-5-4-6-17(12-15)30-14-23(26,27)22(24)25/h2-10,12,16,22H,11,13-14,28H2,1H3. The summed E-state index contributed by atoms with van der Waals surface area (Å²) in [6.07, 6.45) is -3.24. The molecule has 0 saturated heterocycles. The predicted molar refractivity (Wildman–Crippen MR) is 109 cm³/mol. The minimum atomic E-state index is -4.20. The van der Waals surface area contributed by atoms with Crippen molar-refractivity contribution in [2.24, 2.45) is 5.73 Å². The lowest BCUT2D eigenvalue weighted by atomic mass is 9.88. The zero-order valence-electron chi connectivity index (χ0n) is 16.5. The van der Waals surface area contributed by atoms with Crippen molar-refractivity contribution in [3.8, 4) is 11.5 Å². The molecule has 160 valence electrons. The van der Waals surface area contributed by atoms with Gasteiger partial charge in [-0.1, -0.05) is 42.5 Å². The molecule has 0 aliphatic heterocycles. The van der Waals surface area contributed by atoms with Crippen LogP contribution in [0.2, 0.25) is 0 Å². The number of ether oxygens (including phenoxy) is 2. The van der Waals surface area contributed by atoms with E-state index < -0.39 is 19.0 Å². The van der Waals surface area contributed by atoms with Gasteiger partial charge >= 0.3 is 12.3 Å². The van der Waals surface area contributed by atoms with Crippen LogP contribution in [0.15, 0.2) is 60.7 Å². The first-order valence-corrected chi connectivity index (χ1v) is 9.49. The molecule has 1 atom stereocenters. The summed E-state index contributed by atoms with van der Waals surface area (Å²) in [7, 11) is 1.62. The molecule has 3 rings (SSSR count). The summed E-state index contributed by atoms with van der Waals surface area (Å²) in [6.45, 7) is -1.01. The van der Waals surface area contributed by atoms with Crippen LogP contribution in [-0.4, -0.2) is 32.6 Å². The van der Waals surface area contributed by atoms with Crippen LogP contribution < -0.4 is 15.2 Å². The van der Waals surface area contributed by atoms with Gasteiger partial charge in [-0.25, -0.2) is 8.78 Å². The number of nitrogens with two attached hydrogens (primary N) is 1. The number of benzene rings is 3. The fourth-order valence-corrected chi connectivity index (χ4v) is 3.44. The number of methoxy groups -OCH3 is 1. The topological polar surface area (TPSA) is 44.5 Å². The molecule has 0 radical (unpaired) electrons. The van der Waals surface area contributed by atoms with Crippen LogP contribution in [0.3, 0.4) is 0 Å². The molecule has 1 unspecified atom stereocenters. The quantitative estimate of drug-likeness (QED) is 0.470. The third-order valence-corrected chi connectivity index (χ3v) is 4.99. The molecule has 2 N–H and O–H groups in total. The first-order chi connectivity index (χ1) is 14.4.